The summed E-state index contributed by atoms with van der Waals surface area (Å²) in [6, 6.07) is 13.9. The lowest BCUT2D eigenvalue weighted by atomic mass is 10.0. The van der Waals surface area contributed by atoms with Gasteiger partial charge in [0.05, 0.1) is 6.21 Å². The number of halogens is 1. The SMILES string of the molecule is NC(N)=N/N=C/c1ccc(-c2ccccc2F)cc1. The minimum absolute atomic E-state index is 0.0979. The number of benzene rings is 2. The zero-order valence-electron chi connectivity index (χ0n) is 10.1. The molecule has 0 atom stereocenters. The van der Waals surface area contributed by atoms with E-state index in [1.165, 1.54) is 12.3 Å². The molecular weight excluding hydrogens is 243 g/mol. The summed E-state index contributed by atoms with van der Waals surface area (Å²) in [6.45, 7) is 0. The Hall–Kier alpha value is -2.69. The van der Waals surface area contributed by atoms with Gasteiger partial charge >= 0.3 is 0 Å². The van der Waals surface area contributed by atoms with Gasteiger partial charge in [-0.15, -0.1) is 5.10 Å². The van der Waals surface area contributed by atoms with Gasteiger partial charge in [0.2, 0.25) is 5.96 Å². The van der Waals surface area contributed by atoms with E-state index in [1.54, 1.807) is 18.2 Å². The maximum Gasteiger partial charge on any atom is 0.211 e. The number of hydrogen-bond acceptors (Lipinski definition) is 2. The fraction of sp³-hybridized carbons (Fsp3) is 0. The van der Waals surface area contributed by atoms with Crippen molar-refractivity contribution in [1.29, 1.82) is 0 Å². The minimum atomic E-state index is -0.246. The number of nitrogens with two attached hydrogens (primary N) is 2. The van der Waals surface area contributed by atoms with Gasteiger partial charge in [-0.3, -0.25) is 0 Å². The zero-order valence-corrected chi connectivity index (χ0v) is 10.1. The molecule has 0 saturated carbocycles. The first-order valence-corrected chi connectivity index (χ1v) is 5.64. The zero-order chi connectivity index (χ0) is 13.7. The summed E-state index contributed by atoms with van der Waals surface area (Å²) in [4.78, 5) is 0. The second kappa shape index (κ2) is 5.77. The van der Waals surface area contributed by atoms with Crippen LogP contribution >= 0.6 is 0 Å². The standard InChI is InChI=1S/C14H13FN4/c15-13-4-2-1-3-12(13)11-7-5-10(6-8-11)9-18-19-14(16)17/h1-9H,(H4,16,17,19)/b18-9+. The van der Waals surface area contributed by atoms with Gasteiger partial charge in [-0.2, -0.15) is 5.10 Å². The summed E-state index contributed by atoms with van der Waals surface area (Å²) >= 11 is 0. The molecule has 19 heavy (non-hydrogen) atoms. The van der Waals surface area contributed by atoms with E-state index in [0.29, 0.717) is 5.56 Å². The molecule has 0 aliphatic carbocycles. The smallest absolute Gasteiger partial charge is 0.211 e. The Bertz CT molecular complexity index is 614. The van der Waals surface area contributed by atoms with E-state index in [2.05, 4.69) is 10.2 Å². The lowest BCUT2D eigenvalue weighted by Gasteiger charge is -2.03. The Balaban J connectivity index is 2.22. The second-order valence-corrected chi connectivity index (χ2v) is 3.87. The van der Waals surface area contributed by atoms with Crippen molar-refractivity contribution >= 4 is 12.2 Å². The van der Waals surface area contributed by atoms with Crippen LogP contribution in [0, 0.1) is 5.82 Å². The molecule has 0 bridgehead atoms. The topological polar surface area (TPSA) is 76.8 Å². The van der Waals surface area contributed by atoms with Crippen molar-refractivity contribution in [3.05, 3.63) is 59.9 Å². The van der Waals surface area contributed by atoms with Crippen molar-refractivity contribution in [3.63, 3.8) is 0 Å². The van der Waals surface area contributed by atoms with E-state index < -0.39 is 0 Å². The molecule has 2 aromatic rings. The second-order valence-electron chi connectivity index (χ2n) is 3.87. The minimum Gasteiger partial charge on any atom is -0.369 e. The molecule has 4 N–H and O–H groups in total. The molecule has 0 radical (unpaired) electrons. The first-order chi connectivity index (χ1) is 9.16. The van der Waals surface area contributed by atoms with Gasteiger partial charge < -0.3 is 11.5 Å². The molecule has 0 unspecified atom stereocenters. The normalized spacial score (nSPS) is 10.6. The molecule has 5 heteroatoms. The van der Waals surface area contributed by atoms with Gasteiger partial charge in [0.1, 0.15) is 5.82 Å². The Morgan fingerprint density at radius 2 is 1.68 bits per heavy atom. The average molecular weight is 256 g/mol. The fourth-order valence-corrected chi connectivity index (χ4v) is 1.61. The predicted molar refractivity (Wildman–Crippen MR) is 75.2 cm³/mol. The third kappa shape index (κ3) is 3.38. The summed E-state index contributed by atoms with van der Waals surface area (Å²) in [5, 5.41) is 7.20. The first kappa shape index (κ1) is 12.8. The highest BCUT2D eigenvalue weighted by molar-refractivity contribution is 5.82. The summed E-state index contributed by atoms with van der Waals surface area (Å²) < 4.78 is 13.6. The van der Waals surface area contributed by atoms with Gasteiger partial charge in [0.25, 0.3) is 0 Å². The van der Waals surface area contributed by atoms with Crippen LogP contribution in [0.5, 0.6) is 0 Å². The summed E-state index contributed by atoms with van der Waals surface area (Å²) in [7, 11) is 0. The Labute approximate surface area is 110 Å². The van der Waals surface area contributed by atoms with Crippen LogP contribution in [0.4, 0.5) is 4.39 Å². The highest BCUT2D eigenvalue weighted by atomic mass is 19.1. The van der Waals surface area contributed by atoms with Crippen LogP contribution in [0.15, 0.2) is 58.7 Å². The van der Waals surface area contributed by atoms with Gasteiger partial charge in [-0.05, 0) is 17.2 Å². The fourth-order valence-electron chi connectivity index (χ4n) is 1.61. The van der Waals surface area contributed by atoms with Crippen molar-refractivity contribution in [3.8, 4) is 11.1 Å². The van der Waals surface area contributed by atoms with Gasteiger partial charge in [-0.25, -0.2) is 4.39 Å². The molecule has 0 aliphatic heterocycles. The highest BCUT2D eigenvalue weighted by Crippen LogP contribution is 2.22. The van der Waals surface area contributed by atoms with Crippen LogP contribution in [0.3, 0.4) is 0 Å². The van der Waals surface area contributed by atoms with E-state index in [1.807, 2.05) is 24.3 Å². The monoisotopic (exact) mass is 256 g/mol. The Morgan fingerprint density at radius 1 is 1.00 bits per heavy atom. The van der Waals surface area contributed by atoms with E-state index >= 15 is 0 Å². The van der Waals surface area contributed by atoms with Crippen molar-refractivity contribution in [2.75, 3.05) is 0 Å². The first-order valence-electron chi connectivity index (χ1n) is 5.64. The number of guanidine groups is 1. The summed E-state index contributed by atoms with van der Waals surface area (Å²) in [6.07, 6.45) is 1.52. The Morgan fingerprint density at radius 3 is 2.32 bits per heavy atom. The number of rotatable bonds is 3. The predicted octanol–water partition coefficient (Wildman–Crippen LogP) is 2.10. The van der Waals surface area contributed by atoms with Gasteiger partial charge in [-0.1, -0.05) is 42.5 Å². The lowest BCUT2D eigenvalue weighted by Crippen LogP contribution is -2.21. The number of nitrogens with zero attached hydrogens (tertiary/aromatic N) is 2. The van der Waals surface area contributed by atoms with Crippen molar-refractivity contribution < 1.29 is 4.39 Å². The maximum atomic E-state index is 13.6. The average Bonchev–Trinajstić information content (AvgIpc) is 2.40. The molecule has 0 aliphatic rings. The molecule has 96 valence electrons. The maximum absolute atomic E-state index is 13.6. The van der Waals surface area contributed by atoms with E-state index in [4.69, 9.17) is 11.5 Å². The highest BCUT2D eigenvalue weighted by Gasteiger charge is 2.02. The molecule has 0 amide bonds. The lowest BCUT2D eigenvalue weighted by molar-refractivity contribution is 0.631. The van der Waals surface area contributed by atoms with Crippen LogP contribution in [0.2, 0.25) is 0 Å². The van der Waals surface area contributed by atoms with Crippen LogP contribution in [-0.4, -0.2) is 12.2 Å². The molecule has 2 aromatic carbocycles. The molecular formula is C14H13FN4. The van der Waals surface area contributed by atoms with E-state index in [9.17, 15) is 4.39 Å². The molecule has 0 fully saturated rings. The largest absolute Gasteiger partial charge is 0.369 e. The van der Waals surface area contributed by atoms with Gasteiger partial charge in [0.15, 0.2) is 0 Å². The molecule has 0 heterocycles. The quantitative estimate of drug-likeness (QED) is 0.501. The van der Waals surface area contributed by atoms with E-state index in [-0.39, 0.29) is 11.8 Å². The molecule has 0 saturated heterocycles. The third-order valence-corrected chi connectivity index (χ3v) is 2.48. The molecule has 0 spiro atoms. The van der Waals surface area contributed by atoms with Crippen LogP contribution in [-0.2, 0) is 0 Å². The van der Waals surface area contributed by atoms with Crippen molar-refractivity contribution in [2.24, 2.45) is 21.7 Å². The van der Waals surface area contributed by atoms with Crippen LogP contribution in [0.1, 0.15) is 5.56 Å². The third-order valence-electron chi connectivity index (χ3n) is 2.48. The van der Waals surface area contributed by atoms with Crippen LogP contribution in [0.25, 0.3) is 11.1 Å². The summed E-state index contributed by atoms with van der Waals surface area (Å²) in [5.41, 5.74) is 12.5. The van der Waals surface area contributed by atoms with Gasteiger partial charge in [0, 0.05) is 5.56 Å². The van der Waals surface area contributed by atoms with Crippen molar-refractivity contribution in [1.82, 2.24) is 0 Å². The van der Waals surface area contributed by atoms with Crippen molar-refractivity contribution in [2.45, 2.75) is 0 Å². The molecule has 0 aromatic heterocycles. The molecule has 4 nitrogen and oxygen atoms in total. The Kier molecular flexibility index (Phi) is 3.87. The molecule has 2 rings (SSSR count). The van der Waals surface area contributed by atoms with Crippen LogP contribution < -0.4 is 11.5 Å². The van der Waals surface area contributed by atoms with E-state index in [0.717, 1.165) is 11.1 Å². The summed E-state index contributed by atoms with van der Waals surface area (Å²) in [5.74, 6) is -0.344. The number of hydrogen-bond donors (Lipinski definition) is 2.